The summed E-state index contributed by atoms with van der Waals surface area (Å²) >= 11 is 1.40. The molecule has 1 saturated carbocycles. The van der Waals surface area contributed by atoms with Crippen LogP contribution < -0.4 is 11.1 Å². The second kappa shape index (κ2) is 6.03. The van der Waals surface area contributed by atoms with Crippen molar-refractivity contribution in [2.75, 3.05) is 11.9 Å². The van der Waals surface area contributed by atoms with Crippen molar-refractivity contribution in [1.29, 1.82) is 0 Å². The van der Waals surface area contributed by atoms with E-state index in [2.05, 4.69) is 15.5 Å². The number of ether oxygens (including phenoxy) is 1. The average Bonchev–Trinajstić information content (AvgIpc) is 2.93. The van der Waals surface area contributed by atoms with Crippen LogP contribution in [0.5, 0.6) is 0 Å². The fraction of sp³-hybridized carbons (Fsp3) is 0.786. The highest BCUT2D eigenvalue weighted by Crippen LogP contribution is 2.57. The Balaban J connectivity index is 0.00000176. The van der Waals surface area contributed by atoms with Crippen LogP contribution in [0.2, 0.25) is 0 Å². The standard InChI is InChI=1S/C14H22N4O2S.ClH/c1-4-9-17-18-12(21-9)16-11(19)14(15)8-6-5-7-20-10(8)13(14,2)3;/h8,10H,4-7,15H2,1-3H3,(H,16,18,19);1H. The first-order valence-electron chi connectivity index (χ1n) is 7.45. The van der Waals surface area contributed by atoms with Gasteiger partial charge in [0.2, 0.25) is 11.0 Å². The number of aromatic nitrogens is 2. The SMILES string of the molecule is CCc1nnc(NC(=O)C2(N)C3CCCOC3C2(C)C)s1.Cl. The molecule has 1 saturated heterocycles. The molecule has 22 heavy (non-hydrogen) atoms. The molecule has 3 N–H and O–H groups in total. The van der Waals surface area contributed by atoms with E-state index >= 15 is 0 Å². The third-order valence-electron chi connectivity index (χ3n) is 5.05. The number of fused-ring (bicyclic) bond motifs is 1. The Hall–Kier alpha value is -0.760. The molecule has 124 valence electrons. The Bertz CT molecular complexity index is 565. The summed E-state index contributed by atoms with van der Waals surface area (Å²) in [5.41, 5.74) is 5.25. The van der Waals surface area contributed by atoms with Crippen LogP contribution in [0.4, 0.5) is 5.13 Å². The van der Waals surface area contributed by atoms with E-state index in [-0.39, 0.29) is 35.8 Å². The second-order valence-electron chi connectivity index (χ2n) is 6.44. The van der Waals surface area contributed by atoms with Crippen LogP contribution in [0.25, 0.3) is 0 Å². The molecule has 1 aliphatic heterocycles. The van der Waals surface area contributed by atoms with Gasteiger partial charge in [-0.15, -0.1) is 22.6 Å². The monoisotopic (exact) mass is 346 g/mol. The maximum atomic E-state index is 12.7. The first kappa shape index (κ1) is 17.6. The molecule has 8 heteroatoms. The number of aryl methyl sites for hydroxylation is 1. The smallest absolute Gasteiger partial charge is 0.247 e. The third-order valence-corrected chi connectivity index (χ3v) is 6.03. The summed E-state index contributed by atoms with van der Waals surface area (Å²) in [6, 6.07) is 0. The van der Waals surface area contributed by atoms with E-state index in [0.29, 0.717) is 5.13 Å². The number of halogens is 1. The molecule has 2 heterocycles. The van der Waals surface area contributed by atoms with E-state index in [0.717, 1.165) is 30.9 Å². The maximum Gasteiger partial charge on any atom is 0.247 e. The summed E-state index contributed by atoms with van der Waals surface area (Å²) < 4.78 is 5.82. The van der Waals surface area contributed by atoms with Gasteiger partial charge in [0, 0.05) is 17.9 Å². The van der Waals surface area contributed by atoms with Crippen LogP contribution in [0.3, 0.4) is 0 Å². The van der Waals surface area contributed by atoms with Gasteiger partial charge in [-0.1, -0.05) is 32.1 Å². The molecular weight excluding hydrogens is 324 g/mol. The van der Waals surface area contributed by atoms with Gasteiger partial charge in [-0.3, -0.25) is 10.1 Å². The summed E-state index contributed by atoms with van der Waals surface area (Å²) in [6.07, 6.45) is 2.78. The van der Waals surface area contributed by atoms with E-state index in [1.165, 1.54) is 11.3 Å². The van der Waals surface area contributed by atoms with Crippen LogP contribution in [-0.2, 0) is 16.0 Å². The lowest BCUT2D eigenvalue weighted by Crippen LogP contribution is -2.81. The highest BCUT2D eigenvalue weighted by molar-refractivity contribution is 7.15. The van der Waals surface area contributed by atoms with Crippen LogP contribution >= 0.6 is 23.7 Å². The summed E-state index contributed by atoms with van der Waals surface area (Å²) in [5.74, 6) is -0.0853. The number of nitrogens with zero attached hydrogens (tertiary/aromatic N) is 2. The van der Waals surface area contributed by atoms with E-state index in [4.69, 9.17) is 10.5 Å². The highest BCUT2D eigenvalue weighted by Gasteiger charge is 2.70. The molecule has 2 fully saturated rings. The van der Waals surface area contributed by atoms with Crippen molar-refractivity contribution < 1.29 is 9.53 Å². The van der Waals surface area contributed by atoms with Crippen LogP contribution in [0, 0.1) is 11.3 Å². The van der Waals surface area contributed by atoms with Gasteiger partial charge in [-0.2, -0.15) is 0 Å². The van der Waals surface area contributed by atoms with Crippen molar-refractivity contribution in [3.63, 3.8) is 0 Å². The first-order chi connectivity index (χ1) is 9.91. The van der Waals surface area contributed by atoms with Gasteiger partial charge in [-0.05, 0) is 19.3 Å². The van der Waals surface area contributed by atoms with Gasteiger partial charge in [-0.25, -0.2) is 0 Å². The minimum Gasteiger partial charge on any atom is -0.377 e. The minimum absolute atomic E-state index is 0. The van der Waals surface area contributed by atoms with Crippen LogP contribution in [0.15, 0.2) is 0 Å². The number of carbonyl (C=O) groups excluding carboxylic acids is 1. The van der Waals surface area contributed by atoms with Gasteiger partial charge < -0.3 is 10.5 Å². The van der Waals surface area contributed by atoms with Crippen molar-refractivity contribution in [2.45, 2.75) is 51.7 Å². The fourth-order valence-electron chi connectivity index (χ4n) is 3.68. The number of amides is 1. The largest absolute Gasteiger partial charge is 0.377 e. The molecular formula is C14H23ClN4O2S. The number of anilines is 1. The van der Waals surface area contributed by atoms with Crippen molar-refractivity contribution in [1.82, 2.24) is 10.2 Å². The molecule has 2 aliphatic rings. The van der Waals surface area contributed by atoms with E-state index in [1.807, 2.05) is 20.8 Å². The molecule has 0 bridgehead atoms. The molecule has 1 amide bonds. The molecule has 1 aliphatic carbocycles. The fourth-order valence-corrected chi connectivity index (χ4v) is 4.36. The Kier molecular flexibility index (Phi) is 4.82. The van der Waals surface area contributed by atoms with Gasteiger partial charge >= 0.3 is 0 Å². The zero-order chi connectivity index (χ0) is 15.3. The topological polar surface area (TPSA) is 90.1 Å². The third kappa shape index (κ3) is 2.35. The van der Waals surface area contributed by atoms with Gasteiger partial charge in [0.25, 0.3) is 0 Å². The first-order valence-corrected chi connectivity index (χ1v) is 8.27. The molecule has 0 spiro atoms. The molecule has 3 atom stereocenters. The number of nitrogens with one attached hydrogen (secondary N) is 1. The summed E-state index contributed by atoms with van der Waals surface area (Å²) in [5, 5.41) is 12.3. The quantitative estimate of drug-likeness (QED) is 0.873. The molecule has 3 unspecified atom stereocenters. The van der Waals surface area contributed by atoms with Crippen molar-refractivity contribution in [2.24, 2.45) is 17.1 Å². The Morgan fingerprint density at radius 1 is 1.50 bits per heavy atom. The normalized spacial score (nSPS) is 32.4. The molecule has 3 rings (SSSR count). The van der Waals surface area contributed by atoms with Crippen LogP contribution in [-0.4, -0.2) is 34.4 Å². The Labute approximate surface area is 140 Å². The predicted molar refractivity (Wildman–Crippen MR) is 88.3 cm³/mol. The van der Waals surface area contributed by atoms with Crippen molar-refractivity contribution >= 4 is 34.8 Å². The molecule has 6 nitrogen and oxygen atoms in total. The number of rotatable bonds is 3. The predicted octanol–water partition coefficient (Wildman–Crippen LogP) is 1.99. The number of hydrogen-bond acceptors (Lipinski definition) is 6. The van der Waals surface area contributed by atoms with E-state index in [1.54, 1.807) is 0 Å². The lowest BCUT2D eigenvalue weighted by Gasteiger charge is -2.64. The number of carbonyl (C=O) groups is 1. The molecule has 1 aromatic heterocycles. The van der Waals surface area contributed by atoms with Crippen molar-refractivity contribution in [3.8, 4) is 0 Å². The Morgan fingerprint density at radius 2 is 2.23 bits per heavy atom. The van der Waals surface area contributed by atoms with Gasteiger partial charge in [0.1, 0.15) is 10.5 Å². The number of hydrogen-bond donors (Lipinski definition) is 2. The maximum absolute atomic E-state index is 12.7. The van der Waals surface area contributed by atoms with Crippen molar-refractivity contribution in [3.05, 3.63) is 5.01 Å². The molecule has 0 radical (unpaired) electrons. The Morgan fingerprint density at radius 3 is 2.86 bits per heavy atom. The van der Waals surface area contributed by atoms with Gasteiger partial charge in [0.15, 0.2) is 0 Å². The summed E-state index contributed by atoms with van der Waals surface area (Å²) in [4.78, 5) is 12.7. The average molecular weight is 347 g/mol. The zero-order valence-corrected chi connectivity index (χ0v) is 14.7. The lowest BCUT2D eigenvalue weighted by atomic mass is 9.46. The molecule has 1 aromatic rings. The zero-order valence-electron chi connectivity index (χ0n) is 13.1. The summed E-state index contributed by atoms with van der Waals surface area (Å²) in [7, 11) is 0. The van der Waals surface area contributed by atoms with E-state index in [9.17, 15) is 4.79 Å². The van der Waals surface area contributed by atoms with E-state index < -0.39 is 5.54 Å². The highest BCUT2D eigenvalue weighted by atomic mass is 35.5. The summed E-state index contributed by atoms with van der Waals surface area (Å²) in [6.45, 7) is 6.79. The number of nitrogens with two attached hydrogens (primary N) is 1. The van der Waals surface area contributed by atoms with Crippen LogP contribution in [0.1, 0.15) is 38.6 Å². The lowest BCUT2D eigenvalue weighted by molar-refractivity contribution is -0.222. The minimum atomic E-state index is -0.907. The molecule has 0 aromatic carbocycles. The second-order valence-corrected chi connectivity index (χ2v) is 7.50. The van der Waals surface area contributed by atoms with Gasteiger partial charge in [0.05, 0.1) is 6.10 Å².